The van der Waals surface area contributed by atoms with Crippen molar-refractivity contribution in [2.75, 3.05) is 0 Å². The number of rotatable bonds is 1. The van der Waals surface area contributed by atoms with E-state index >= 15 is 0 Å². The number of aromatic nitrogens is 1. The number of nitrogens with zero attached hydrogens (tertiary/aromatic N) is 1. The van der Waals surface area contributed by atoms with E-state index < -0.39 is 28.9 Å². The molecule has 0 aliphatic heterocycles. The molecule has 8 heteroatoms. The van der Waals surface area contributed by atoms with Crippen molar-refractivity contribution in [2.24, 2.45) is 0 Å². The van der Waals surface area contributed by atoms with Gasteiger partial charge in [0.05, 0.1) is 11.0 Å². The molecule has 0 amide bonds. The maximum atomic E-state index is 14.5. The zero-order chi connectivity index (χ0) is 24.6. The van der Waals surface area contributed by atoms with Gasteiger partial charge in [-0.3, -0.25) is 0 Å². The van der Waals surface area contributed by atoms with E-state index in [1.807, 2.05) is 32.0 Å². The third-order valence-electron chi connectivity index (χ3n) is 6.85. The van der Waals surface area contributed by atoms with Crippen LogP contribution >= 0.6 is 0 Å². The number of pyridine rings is 1. The number of benzene rings is 3. The second-order valence-corrected chi connectivity index (χ2v) is 8.87. The topological polar surface area (TPSA) is 12.9 Å². The van der Waals surface area contributed by atoms with Crippen LogP contribution in [0.25, 0.3) is 33.2 Å². The van der Waals surface area contributed by atoms with E-state index in [-0.39, 0.29) is 36.8 Å². The van der Waals surface area contributed by atoms with E-state index in [9.17, 15) is 26.3 Å². The summed E-state index contributed by atoms with van der Waals surface area (Å²) in [5, 5.41) is 1.87. The second kappa shape index (κ2) is 8.17. The van der Waals surface area contributed by atoms with Crippen LogP contribution in [0.5, 0.6) is 0 Å². The fourth-order valence-corrected chi connectivity index (χ4v) is 4.77. The Bertz CT molecular complexity index is 1470. The van der Waals surface area contributed by atoms with Gasteiger partial charge in [0.15, 0.2) is 0 Å². The summed E-state index contributed by atoms with van der Waals surface area (Å²) in [6.07, 6.45) is -7.89. The van der Waals surface area contributed by atoms with E-state index in [1.165, 1.54) is 12.1 Å². The van der Waals surface area contributed by atoms with Gasteiger partial charge in [-0.15, -0.1) is 29.3 Å². The molecule has 0 saturated carbocycles. The minimum Gasteiger partial charge on any atom is -0.304 e. The Hall–Kier alpha value is -2.70. The number of fused-ring (bicyclic) bond motifs is 4. The summed E-state index contributed by atoms with van der Waals surface area (Å²) < 4.78 is 83.3. The monoisotopic (exact) mass is 663 g/mol. The molecule has 1 nitrogen and oxygen atoms in total. The van der Waals surface area contributed by atoms with Crippen LogP contribution in [0.2, 0.25) is 0 Å². The molecule has 0 N–H and O–H groups in total. The molecule has 1 aromatic heterocycles. The Balaban J connectivity index is 0.00000289. The molecule has 35 heavy (non-hydrogen) atoms. The summed E-state index contributed by atoms with van der Waals surface area (Å²) in [4.78, 5) is 4.45. The van der Waals surface area contributed by atoms with Gasteiger partial charge in [0.25, 0.3) is 0 Å². The summed E-state index contributed by atoms with van der Waals surface area (Å²) in [5.41, 5.74) is -1.06. The van der Waals surface area contributed by atoms with Crippen molar-refractivity contribution in [1.29, 1.82) is 0 Å². The molecule has 5 rings (SSSR count). The Morgan fingerprint density at radius 3 is 2.06 bits per heavy atom. The number of aryl methyl sites for hydroxylation is 2. The molecule has 1 aliphatic carbocycles. The molecular weight excluding hydrogens is 645 g/mol. The molecule has 0 bridgehead atoms. The average Bonchev–Trinajstić information content (AvgIpc) is 3.04. The number of alkyl halides is 6. The molecule has 1 unspecified atom stereocenters. The summed E-state index contributed by atoms with van der Waals surface area (Å²) in [6.45, 7) is 4.82. The first kappa shape index (κ1) is 25.4. The van der Waals surface area contributed by atoms with Crippen LogP contribution in [0.1, 0.15) is 34.7 Å². The predicted octanol–water partition coefficient (Wildman–Crippen LogP) is 8.18. The molecule has 3 aromatic carbocycles. The molecule has 0 spiro atoms. The maximum absolute atomic E-state index is 14.5. The first-order chi connectivity index (χ1) is 15.8. The van der Waals surface area contributed by atoms with Crippen LogP contribution in [0.3, 0.4) is 0 Å². The van der Waals surface area contributed by atoms with Crippen LogP contribution in [0, 0.1) is 19.9 Å². The smallest absolute Gasteiger partial charge is 0.304 e. The van der Waals surface area contributed by atoms with Crippen molar-refractivity contribution in [3.05, 3.63) is 88.6 Å². The first-order valence-electron chi connectivity index (χ1n) is 10.5. The van der Waals surface area contributed by atoms with Crippen LogP contribution in [-0.2, 0) is 31.7 Å². The first-order valence-corrected chi connectivity index (χ1v) is 10.5. The quantitative estimate of drug-likeness (QED) is 0.148. The Morgan fingerprint density at radius 1 is 0.800 bits per heavy atom. The van der Waals surface area contributed by atoms with Crippen molar-refractivity contribution in [1.82, 2.24) is 4.98 Å². The van der Waals surface area contributed by atoms with E-state index in [1.54, 1.807) is 6.20 Å². The normalized spacial score (nSPS) is 17.2. The molecule has 4 aromatic rings. The van der Waals surface area contributed by atoms with Crippen molar-refractivity contribution in [2.45, 2.75) is 38.5 Å². The van der Waals surface area contributed by atoms with E-state index in [0.717, 1.165) is 41.0 Å². The largest absolute Gasteiger partial charge is 0.416 e. The Kier molecular flexibility index (Phi) is 5.93. The molecule has 1 aliphatic rings. The average molecular weight is 663 g/mol. The minimum atomic E-state index is -4.82. The Morgan fingerprint density at radius 2 is 1.43 bits per heavy atom. The predicted molar refractivity (Wildman–Crippen MR) is 118 cm³/mol. The molecule has 1 atom stereocenters. The molecular formula is C27H18F6IrN-. The Labute approximate surface area is 211 Å². The van der Waals surface area contributed by atoms with E-state index in [2.05, 4.69) is 11.1 Å². The summed E-state index contributed by atoms with van der Waals surface area (Å²) in [5.74, 6) is 0. The van der Waals surface area contributed by atoms with Gasteiger partial charge >= 0.3 is 12.4 Å². The van der Waals surface area contributed by atoms with Gasteiger partial charge in [-0.1, -0.05) is 41.5 Å². The van der Waals surface area contributed by atoms with Gasteiger partial charge in [-0.25, -0.2) is 0 Å². The van der Waals surface area contributed by atoms with Crippen LogP contribution in [0.15, 0.2) is 54.7 Å². The zero-order valence-electron chi connectivity index (χ0n) is 18.7. The van der Waals surface area contributed by atoms with Crippen LogP contribution < -0.4 is 0 Å². The van der Waals surface area contributed by atoms with Gasteiger partial charge in [0.2, 0.25) is 0 Å². The fourth-order valence-electron chi connectivity index (χ4n) is 4.77. The molecule has 0 saturated heterocycles. The molecule has 0 fully saturated rings. The van der Waals surface area contributed by atoms with Crippen molar-refractivity contribution < 1.29 is 46.4 Å². The maximum Gasteiger partial charge on any atom is 0.416 e. The van der Waals surface area contributed by atoms with Gasteiger partial charge in [0, 0.05) is 31.7 Å². The SMILES string of the molecule is Cc1ccc(C)c2cc(-c3[c-]cc4c(c3)C(C)(C(F)(F)F)c3cc(C(F)(F)F)ccc3-4)ncc12.[Ir]. The standard InChI is InChI=1S/C27H18F6N.Ir/c1-14-4-5-15(2)21-13-34-24(12-20(14)21)16-6-8-18-19-9-7-17(26(28,29)30)11-23(19)25(3,22(18)10-16)27(31,32)33;/h4-5,7-13H,1-3H3;/q-1;. The number of hydrogen-bond donors (Lipinski definition) is 0. The molecule has 1 radical (unpaired) electrons. The van der Waals surface area contributed by atoms with Gasteiger partial charge in [0.1, 0.15) is 0 Å². The van der Waals surface area contributed by atoms with Crippen LogP contribution in [0.4, 0.5) is 26.3 Å². The van der Waals surface area contributed by atoms with E-state index in [4.69, 9.17) is 0 Å². The van der Waals surface area contributed by atoms with Gasteiger partial charge in [-0.2, -0.15) is 26.3 Å². The molecule has 183 valence electrons. The minimum absolute atomic E-state index is 0. The molecule has 1 heterocycles. The number of hydrogen-bond acceptors (Lipinski definition) is 1. The third-order valence-corrected chi connectivity index (χ3v) is 6.85. The van der Waals surface area contributed by atoms with Gasteiger partial charge in [-0.05, 0) is 54.6 Å². The summed E-state index contributed by atoms with van der Waals surface area (Å²) in [6, 6.07) is 14.1. The van der Waals surface area contributed by atoms with Gasteiger partial charge < -0.3 is 4.98 Å². The van der Waals surface area contributed by atoms with Crippen LogP contribution in [-0.4, -0.2) is 11.2 Å². The summed E-state index contributed by atoms with van der Waals surface area (Å²) >= 11 is 0. The zero-order valence-corrected chi connectivity index (χ0v) is 21.1. The van der Waals surface area contributed by atoms with Crippen molar-refractivity contribution in [3.8, 4) is 22.4 Å². The number of halogens is 6. The third kappa shape index (κ3) is 3.78. The van der Waals surface area contributed by atoms with Crippen molar-refractivity contribution >= 4 is 10.8 Å². The van der Waals surface area contributed by atoms with Crippen molar-refractivity contribution in [3.63, 3.8) is 0 Å². The van der Waals surface area contributed by atoms with E-state index in [0.29, 0.717) is 17.3 Å². The second-order valence-electron chi connectivity index (χ2n) is 8.87. The fraction of sp³-hybridized carbons (Fsp3) is 0.222. The summed E-state index contributed by atoms with van der Waals surface area (Å²) in [7, 11) is 0.